The topological polar surface area (TPSA) is 20.2 Å². The van der Waals surface area contributed by atoms with E-state index in [0.29, 0.717) is 11.8 Å². The molecule has 1 nitrogen and oxygen atoms in total. The van der Waals surface area contributed by atoms with Gasteiger partial charge >= 0.3 is 0 Å². The van der Waals surface area contributed by atoms with Crippen LogP contribution in [0.2, 0.25) is 0 Å². The van der Waals surface area contributed by atoms with E-state index in [1.165, 1.54) is 17.5 Å². The van der Waals surface area contributed by atoms with Gasteiger partial charge in [-0.15, -0.1) is 0 Å². The summed E-state index contributed by atoms with van der Waals surface area (Å²) < 4.78 is 0. The van der Waals surface area contributed by atoms with Crippen molar-refractivity contribution in [2.24, 2.45) is 5.92 Å². The van der Waals surface area contributed by atoms with Crippen molar-refractivity contribution < 1.29 is 5.11 Å². The third-order valence-corrected chi connectivity index (χ3v) is 3.69. The molecule has 15 heavy (non-hydrogen) atoms. The highest BCUT2D eigenvalue weighted by Crippen LogP contribution is 2.39. The Labute approximate surface area is 92.1 Å². The highest BCUT2D eigenvalue weighted by molar-refractivity contribution is 5.39. The number of rotatable bonds is 4. The number of hydrogen-bond donors (Lipinski definition) is 1. The first-order chi connectivity index (χ1) is 7.22. The molecule has 1 aromatic rings. The van der Waals surface area contributed by atoms with Crippen molar-refractivity contribution in [2.45, 2.75) is 45.1 Å². The molecule has 0 bridgehead atoms. The Morgan fingerprint density at radius 3 is 2.80 bits per heavy atom. The molecule has 1 aliphatic rings. The number of aliphatic hydroxyl groups excluding tert-OH is 1. The molecule has 0 aliphatic heterocycles. The molecule has 1 heteroatoms. The van der Waals surface area contributed by atoms with Crippen LogP contribution in [0.1, 0.15) is 43.7 Å². The van der Waals surface area contributed by atoms with Gasteiger partial charge in [0.1, 0.15) is 0 Å². The van der Waals surface area contributed by atoms with Crippen LogP contribution < -0.4 is 0 Å². The Hall–Kier alpha value is -0.820. The molecule has 82 valence electrons. The van der Waals surface area contributed by atoms with Gasteiger partial charge in [-0.3, -0.25) is 0 Å². The first kappa shape index (κ1) is 10.7. The molecule has 0 heterocycles. The number of hydrogen-bond acceptors (Lipinski definition) is 1. The fourth-order valence-electron chi connectivity index (χ4n) is 2.58. The minimum Gasteiger partial charge on any atom is -0.393 e. The van der Waals surface area contributed by atoms with Gasteiger partial charge in [-0.2, -0.15) is 0 Å². The Kier molecular flexibility index (Phi) is 3.11. The maximum absolute atomic E-state index is 9.74. The number of fused-ring (bicyclic) bond motifs is 1. The molecule has 0 saturated carbocycles. The van der Waals surface area contributed by atoms with Crippen molar-refractivity contribution in [3.63, 3.8) is 0 Å². The fourth-order valence-corrected chi connectivity index (χ4v) is 2.58. The second-order valence-electron chi connectivity index (χ2n) is 4.79. The van der Waals surface area contributed by atoms with E-state index in [1.807, 2.05) is 0 Å². The molecule has 1 N–H and O–H groups in total. The van der Waals surface area contributed by atoms with Crippen LogP contribution in [-0.4, -0.2) is 11.2 Å². The van der Waals surface area contributed by atoms with E-state index < -0.39 is 0 Å². The zero-order valence-electron chi connectivity index (χ0n) is 9.61. The molecule has 0 fully saturated rings. The van der Waals surface area contributed by atoms with Gasteiger partial charge in [0.25, 0.3) is 0 Å². The molecule has 0 amide bonds. The highest BCUT2D eigenvalue weighted by atomic mass is 16.3. The average Bonchev–Trinajstić information content (AvgIpc) is 2.24. The normalized spacial score (nSPS) is 22.7. The lowest BCUT2D eigenvalue weighted by atomic mass is 9.72. The van der Waals surface area contributed by atoms with E-state index in [9.17, 15) is 5.11 Å². The lowest BCUT2D eigenvalue weighted by molar-refractivity contribution is 0.102. The van der Waals surface area contributed by atoms with Crippen LogP contribution in [-0.2, 0) is 6.42 Å². The summed E-state index contributed by atoms with van der Waals surface area (Å²) in [6.45, 7) is 4.21. The second-order valence-corrected chi connectivity index (χ2v) is 4.79. The fraction of sp³-hybridized carbons (Fsp3) is 0.571. The zero-order chi connectivity index (χ0) is 10.8. The van der Waals surface area contributed by atoms with Crippen LogP contribution in [0.4, 0.5) is 0 Å². The molecule has 0 radical (unpaired) electrons. The molecule has 3 atom stereocenters. The van der Waals surface area contributed by atoms with Crippen molar-refractivity contribution >= 4 is 0 Å². The van der Waals surface area contributed by atoms with Gasteiger partial charge in [-0.05, 0) is 42.2 Å². The molecule has 3 unspecified atom stereocenters. The van der Waals surface area contributed by atoms with Crippen LogP contribution in [0, 0.1) is 5.92 Å². The van der Waals surface area contributed by atoms with Gasteiger partial charge < -0.3 is 5.11 Å². The molecule has 0 aromatic heterocycles. The Morgan fingerprint density at radius 2 is 2.13 bits per heavy atom. The van der Waals surface area contributed by atoms with E-state index >= 15 is 0 Å². The van der Waals surface area contributed by atoms with Crippen LogP contribution in [0.5, 0.6) is 0 Å². The number of aliphatic hydroxyl groups is 1. The first-order valence-electron chi connectivity index (χ1n) is 5.98. The monoisotopic (exact) mass is 204 g/mol. The van der Waals surface area contributed by atoms with Gasteiger partial charge in [0, 0.05) is 0 Å². The summed E-state index contributed by atoms with van der Waals surface area (Å²) >= 11 is 0. The predicted molar refractivity (Wildman–Crippen MR) is 63.0 cm³/mol. The predicted octanol–water partition coefficient (Wildman–Crippen LogP) is 3.12. The lowest BCUT2D eigenvalue weighted by Gasteiger charge is -2.33. The molecule has 1 aliphatic carbocycles. The summed E-state index contributed by atoms with van der Waals surface area (Å²) in [6.07, 6.45) is 3.08. The van der Waals surface area contributed by atoms with Crippen molar-refractivity contribution in [1.29, 1.82) is 0 Å². The van der Waals surface area contributed by atoms with Crippen LogP contribution >= 0.6 is 0 Å². The van der Waals surface area contributed by atoms with Crippen LogP contribution in [0.3, 0.4) is 0 Å². The summed E-state index contributed by atoms with van der Waals surface area (Å²) in [5.74, 6) is 1.12. The minimum absolute atomic E-state index is 0.127. The van der Waals surface area contributed by atoms with Gasteiger partial charge in [0.15, 0.2) is 0 Å². The molecular weight excluding hydrogens is 184 g/mol. The van der Waals surface area contributed by atoms with Crippen molar-refractivity contribution in [1.82, 2.24) is 0 Å². The Morgan fingerprint density at radius 1 is 1.40 bits per heavy atom. The smallest absolute Gasteiger partial charge is 0.0563 e. The maximum atomic E-state index is 9.74. The third kappa shape index (κ3) is 2.07. The van der Waals surface area contributed by atoms with E-state index in [0.717, 1.165) is 12.8 Å². The van der Waals surface area contributed by atoms with Crippen LogP contribution in [0.15, 0.2) is 24.3 Å². The minimum atomic E-state index is -0.127. The largest absolute Gasteiger partial charge is 0.393 e. The quantitative estimate of drug-likeness (QED) is 0.799. The van der Waals surface area contributed by atoms with E-state index in [4.69, 9.17) is 0 Å². The molecule has 0 saturated heterocycles. The SMILES string of the molecule is CCC(O)C(C)CC1Cc2ccccc21. The van der Waals surface area contributed by atoms with Crippen molar-refractivity contribution in [3.05, 3.63) is 35.4 Å². The summed E-state index contributed by atoms with van der Waals surface area (Å²) in [5.41, 5.74) is 3.01. The Balaban J connectivity index is 1.94. The van der Waals surface area contributed by atoms with Gasteiger partial charge in [0.2, 0.25) is 0 Å². The standard InChI is InChI=1S/C14H20O/c1-3-14(15)10(2)8-12-9-11-6-4-5-7-13(11)12/h4-7,10,12,14-15H,3,8-9H2,1-2H3. The lowest BCUT2D eigenvalue weighted by Crippen LogP contribution is -2.24. The van der Waals surface area contributed by atoms with E-state index in [-0.39, 0.29) is 6.10 Å². The second kappa shape index (κ2) is 4.36. The third-order valence-electron chi connectivity index (χ3n) is 3.69. The van der Waals surface area contributed by atoms with Crippen molar-refractivity contribution in [2.75, 3.05) is 0 Å². The maximum Gasteiger partial charge on any atom is 0.0563 e. The summed E-state index contributed by atoms with van der Waals surface area (Å²) in [5, 5.41) is 9.74. The molecule has 0 spiro atoms. The van der Waals surface area contributed by atoms with Gasteiger partial charge in [-0.25, -0.2) is 0 Å². The molecule has 2 rings (SSSR count). The highest BCUT2D eigenvalue weighted by Gasteiger charge is 2.28. The average molecular weight is 204 g/mol. The van der Waals surface area contributed by atoms with Crippen LogP contribution in [0.25, 0.3) is 0 Å². The number of benzene rings is 1. The molecular formula is C14H20O. The molecule has 1 aromatic carbocycles. The Bertz CT molecular complexity index is 332. The van der Waals surface area contributed by atoms with E-state index in [2.05, 4.69) is 38.1 Å². The van der Waals surface area contributed by atoms with Crippen molar-refractivity contribution in [3.8, 4) is 0 Å². The zero-order valence-corrected chi connectivity index (χ0v) is 9.61. The summed E-state index contributed by atoms with van der Waals surface area (Å²) in [4.78, 5) is 0. The summed E-state index contributed by atoms with van der Waals surface area (Å²) in [6, 6.07) is 8.67. The first-order valence-corrected chi connectivity index (χ1v) is 5.98. The van der Waals surface area contributed by atoms with Gasteiger partial charge in [0.05, 0.1) is 6.10 Å². The summed E-state index contributed by atoms with van der Waals surface area (Å²) in [7, 11) is 0. The van der Waals surface area contributed by atoms with E-state index in [1.54, 1.807) is 0 Å². The van der Waals surface area contributed by atoms with Gasteiger partial charge in [-0.1, -0.05) is 38.1 Å².